The van der Waals surface area contributed by atoms with Gasteiger partial charge in [0.1, 0.15) is 0 Å². The molecule has 3 rings (SSSR count). The smallest absolute Gasteiger partial charge is 0.191 e. The molecule has 0 bridgehead atoms. The third-order valence-corrected chi connectivity index (χ3v) is 8.17. The van der Waals surface area contributed by atoms with Gasteiger partial charge in [0.25, 0.3) is 0 Å². The Morgan fingerprint density at radius 2 is 1.97 bits per heavy atom. The number of guanidine groups is 1. The molecule has 0 aromatic rings. The largest absolute Gasteiger partial charge is 0.381 e. The number of nitrogens with zero attached hydrogens (tertiary/aromatic N) is 2. The van der Waals surface area contributed by atoms with Gasteiger partial charge < -0.3 is 20.1 Å². The van der Waals surface area contributed by atoms with Crippen LogP contribution in [0.3, 0.4) is 0 Å². The first-order valence-corrected chi connectivity index (χ1v) is 12.9. The summed E-state index contributed by atoms with van der Waals surface area (Å²) in [5.41, 5.74) is 0. The molecule has 3 aliphatic rings. The summed E-state index contributed by atoms with van der Waals surface area (Å²) < 4.78 is 23.5. The number of nitrogens with one attached hydrogen (secondary N) is 2. The maximum Gasteiger partial charge on any atom is 0.191 e. The van der Waals surface area contributed by atoms with Crippen LogP contribution in [0.5, 0.6) is 0 Å². The van der Waals surface area contributed by atoms with Crippen LogP contribution in [-0.4, -0.2) is 90.8 Å². The van der Waals surface area contributed by atoms with Crippen molar-refractivity contribution in [1.29, 1.82) is 0 Å². The second-order valence-corrected chi connectivity index (χ2v) is 10.4. The second-order valence-electron chi connectivity index (χ2n) is 8.36. The molecule has 2 N–H and O–H groups in total. The molecule has 0 amide bonds. The standard InChI is InChI=1S/C21H40N4O3S.HI/c1-3-22-21(24-18-6-5-7-19(14-18)29(26)4-2)23-15-20(17-8-11-28-16-17)25-9-12-27-13-10-25;/h17-20H,3-16H2,1-2H3,(H2,22,23,24);1H. The van der Waals surface area contributed by atoms with Crippen LogP contribution >= 0.6 is 24.0 Å². The Morgan fingerprint density at radius 1 is 1.17 bits per heavy atom. The third kappa shape index (κ3) is 7.86. The van der Waals surface area contributed by atoms with Gasteiger partial charge in [0.15, 0.2) is 5.96 Å². The molecular weight excluding hydrogens is 515 g/mol. The van der Waals surface area contributed by atoms with Gasteiger partial charge in [-0.15, -0.1) is 24.0 Å². The van der Waals surface area contributed by atoms with Crippen molar-refractivity contribution in [2.45, 2.75) is 63.3 Å². The fourth-order valence-electron chi connectivity index (χ4n) is 4.78. The number of morpholine rings is 1. The van der Waals surface area contributed by atoms with Gasteiger partial charge in [-0.25, -0.2) is 0 Å². The molecule has 2 aliphatic heterocycles. The van der Waals surface area contributed by atoms with Crippen molar-refractivity contribution in [2.75, 3.05) is 58.4 Å². The quantitative estimate of drug-likeness (QED) is 0.271. The monoisotopic (exact) mass is 556 g/mol. The van der Waals surface area contributed by atoms with E-state index in [2.05, 4.69) is 22.5 Å². The van der Waals surface area contributed by atoms with E-state index in [1.807, 2.05) is 6.92 Å². The Labute approximate surface area is 202 Å². The van der Waals surface area contributed by atoms with E-state index < -0.39 is 10.8 Å². The second kappa shape index (κ2) is 14.2. The van der Waals surface area contributed by atoms with Crippen molar-refractivity contribution in [3.05, 3.63) is 0 Å². The topological polar surface area (TPSA) is 75.2 Å². The molecule has 1 saturated carbocycles. The first kappa shape index (κ1) is 26.3. The van der Waals surface area contributed by atoms with E-state index in [-0.39, 0.29) is 24.0 Å². The van der Waals surface area contributed by atoms with Crippen molar-refractivity contribution >= 4 is 40.7 Å². The van der Waals surface area contributed by atoms with Crippen LogP contribution in [-0.2, 0) is 20.3 Å². The molecule has 0 aromatic heterocycles. The number of halogens is 1. The van der Waals surface area contributed by atoms with Gasteiger partial charge in [0.2, 0.25) is 0 Å². The summed E-state index contributed by atoms with van der Waals surface area (Å²) >= 11 is 0. The minimum Gasteiger partial charge on any atom is -0.381 e. The van der Waals surface area contributed by atoms with Gasteiger partial charge in [0, 0.05) is 66.0 Å². The van der Waals surface area contributed by atoms with E-state index in [0.29, 0.717) is 23.3 Å². The van der Waals surface area contributed by atoms with E-state index in [0.717, 1.165) is 96.4 Å². The van der Waals surface area contributed by atoms with Crippen LogP contribution in [0.15, 0.2) is 4.99 Å². The lowest BCUT2D eigenvalue weighted by Gasteiger charge is -2.37. The highest BCUT2D eigenvalue weighted by Gasteiger charge is 2.32. The predicted molar refractivity (Wildman–Crippen MR) is 134 cm³/mol. The van der Waals surface area contributed by atoms with Gasteiger partial charge in [-0.3, -0.25) is 14.1 Å². The van der Waals surface area contributed by atoms with E-state index in [9.17, 15) is 4.21 Å². The van der Waals surface area contributed by atoms with Crippen molar-refractivity contribution < 1.29 is 13.7 Å². The van der Waals surface area contributed by atoms with E-state index in [1.165, 1.54) is 0 Å². The molecule has 1 aliphatic carbocycles. The number of rotatable bonds is 8. The zero-order valence-corrected chi connectivity index (χ0v) is 21.8. The first-order chi connectivity index (χ1) is 14.2. The van der Waals surface area contributed by atoms with E-state index in [4.69, 9.17) is 14.5 Å². The Morgan fingerprint density at radius 3 is 2.63 bits per heavy atom. The molecule has 5 unspecified atom stereocenters. The summed E-state index contributed by atoms with van der Waals surface area (Å²) in [6.45, 7) is 11.0. The number of hydrogen-bond donors (Lipinski definition) is 2. The SMILES string of the molecule is CCNC(=NCC(C1CCOC1)N1CCOCC1)NC1CCCC(S(=O)CC)C1.I. The minimum atomic E-state index is -0.702. The molecule has 0 aromatic carbocycles. The molecule has 5 atom stereocenters. The molecule has 0 spiro atoms. The van der Waals surface area contributed by atoms with Crippen LogP contribution < -0.4 is 10.6 Å². The van der Waals surface area contributed by atoms with Gasteiger partial charge in [-0.05, 0) is 32.6 Å². The zero-order chi connectivity index (χ0) is 20.5. The van der Waals surface area contributed by atoms with E-state index >= 15 is 0 Å². The number of hydrogen-bond acceptors (Lipinski definition) is 5. The lowest BCUT2D eigenvalue weighted by molar-refractivity contribution is 0.00368. The lowest BCUT2D eigenvalue weighted by Crippen LogP contribution is -2.50. The van der Waals surface area contributed by atoms with Crippen LogP contribution in [0.25, 0.3) is 0 Å². The Kier molecular flexibility index (Phi) is 12.5. The van der Waals surface area contributed by atoms with Crippen molar-refractivity contribution in [3.8, 4) is 0 Å². The minimum absolute atomic E-state index is 0. The predicted octanol–water partition coefficient (Wildman–Crippen LogP) is 1.98. The van der Waals surface area contributed by atoms with Gasteiger partial charge >= 0.3 is 0 Å². The molecule has 9 heteroatoms. The molecule has 7 nitrogen and oxygen atoms in total. The molecule has 30 heavy (non-hydrogen) atoms. The van der Waals surface area contributed by atoms with Crippen LogP contribution in [0.1, 0.15) is 46.0 Å². The Bertz CT molecular complexity index is 542. The van der Waals surface area contributed by atoms with Crippen LogP contribution in [0.2, 0.25) is 0 Å². The lowest BCUT2D eigenvalue weighted by atomic mass is 9.95. The van der Waals surface area contributed by atoms with E-state index in [1.54, 1.807) is 0 Å². The highest BCUT2D eigenvalue weighted by Crippen LogP contribution is 2.24. The summed E-state index contributed by atoms with van der Waals surface area (Å²) in [6, 6.07) is 0.766. The highest BCUT2D eigenvalue weighted by molar-refractivity contribution is 14.0. The first-order valence-electron chi connectivity index (χ1n) is 11.5. The molecule has 2 saturated heterocycles. The molecular formula is C21H41IN4O3S. The van der Waals surface area contributed by atoms with Gasteiger partial charge in [0.05, 0.1) is 26.4 Å². The van der Waals surface area contributed by atoms with Gasteiger partial charge in [-0.2, -0.15) is 0 Å². The maximum atomic E-state index is 12.3. The molecule has 3 fully saturated rings. The molecule has 176 valence electrons. The number of aliphatic imine (C=N–C) groups is 1. The van der Waals surface area contributed by atoms with Crippen LogP contribution in [0.4, 0.5) is 0 Å². The fourth-order valence-corrected chi connectivity index (χ4v) is 6.12. The average molecular weight is 557 g/mol. The summed E-state index contributed by atoms with van der Waals surface area (Å²) in [4.78, 5) is 7.54. The fraction of sp³-hybridized carbons (Fsp3) is 0.952. The average Bonchev–Trinajstić information content (AvgIpc) is 3.29. The maximum absolute atomic E-state index is 12.3. The Hall–Kier alpha value is 0.0300. The Balaban J connectivity index is 0.00000320. The summed E-state index contributed by atoms with van der Waals surface area (Å²) in [7, 11) is -0.702. The molecule has 2 heterocycles. The summed E-state index contributed by atoms with van der Waals surface area (Å²) in [5, 5.41) is 7.39. The third-order valence-electron chi connectivity index (χ3n) is 6.43. The number of ether oxygens (including phenoxy) is 2. The van der Waals surface area contributed by atoms with Crippen LogP contribution in [0, 0.1) is 5.92 Å². The van der Waals surface area contributed by atoms with Gasteiger partial charge in [-0.1, -0.05) is 13.3 Å². The molecule has 0 radical (unpaired) electrons. The van der Waals surface area contributed by atoms with Crippen molar-refractivity contribution in [1.82, 2.24) is 15.5 Å². The van der Waals surface area contributed by atoms with Crippen molar-refractivity contribution in [3.63, 3.8) is 0 Å². The highest BCUT2D eigenvalue weighted by atomic mass is 127. The normalized spacial score (nSPS) is 30.3. The summed E-state index contributed by atoms with van der Waals surface area (Å²) in [5.74, 6) is 2.21. The zero-order valence-electron chi connectivity index (χ0n) is 18.6. The van der Waals surface area contributed by atoms with Crippen molar-refractivity contribution in [2.24, 2.45) is 10.9 Å². The summed E-state index contributed by atoms with van der Waals surface area (Å²) in [6.07, 6.45) is 5.46.